The summed E-state index contributed by atoms with van der Waals surface area (Å²) in [6, 6.07) is 13.0. The van der Waals surface area contributed by atoms with Gasteiger partial charge in [0.15, 0.2) is 0 Å². The summed E-state index contributed by atoms with van der Waals surface area (Å²) in [6.07, 6.45) is 0. The van der Waals surface area contributed by atoms with Crippen LogP contribution in [0.4, 0.5) is 11.4 Å². The Morgan fingerprint density at radius 3 is 2.43 bits per heavy atom. The fraction of sp³-hybridized carbons (Fsp3) is 0.188. The Labute approximate surface area is 129 Å². The zero-order valence-corrected chi connectivity index (χ0v) is 12.7. The van der Waals surface area contributed by atoms with Crippen LogP contribution in [0.2, 0.25) is 5.02 Å². The largest absolute Gasteiger partial charge is 0.496 e. The first-order valence-corrected chi connectivity index (χ1v) is 6.90. The van der Waals surface area contributed by atoms with E-state index in [1.165, 1.54) is 6.92 Å². The number of nitrogens with one attached hydrogen (secondary N) is 2. The Morgan fingerprint density at radius 1 is 1.14 bits per heavy atom. The third-order valence-corrected chi connectivity index (χ3v) is 3.17. The minimum Gasteiger partial charge on any atom is -0.496 e. The van der Waals surface area contributed by atoms with E-state index in [0.29, 0.717) is 11.6 Å². The number of halogens is 1. The van der Waals surface area contributed by atoms with Gasteiger partial charge in [-0.1, -0.05) is 11.6 Å². The number of ether oxygens (including phenoxy) is 1. The van der Waals surface area contributed by atoms with Gasteiger partial charge >= 0.3 is 0 Å². The van der Waals surface area contributed by atoms with E-state index in [1.54, 1.807) is 13.2 Å². The Kier molecular flexibility index (Phi) is 5.06. The van der Waals surface area contributed by atoms with Crippen molar-refractivity contribution in [1.82, 2.24) is 0 Å². The van der Waals surface area contributed by atoms with Crippen LogP contribution in [0.15, 0.2) is 42.5 Å². The van der Waals surface area contributed by atoms with Crippen LogP contribution in [0.25, 0.3) is 0 Å². The lowest BCUT2D eigenvalue weighted by molar-refractivity contribution is -0.114. The molecular formula is C16H17ClN2O2. The van der Waals surface area contributed by atoms with Crippen LogP contribution < -0.4 is 15.4 Å². The van der Waals surface area contributed by atoms with E-state index in [9.17, 15) is 4.79 Å². The van der Waals surface area contributed by atoms with E-state index < -0.39 is 0 Å². The van der Waals surface area contributed by atoms with Crippen LogP contribution in [0.5, 0.6) is 5.75 Å². The fourth-order valence-corrected chi connectivity index (χ4v) is 2.15. The second-order valence-corrected chi connectivity index (χ2v) is 5.00. The highest BCUT2D eigenvalue weighted by molar-refractivity contribution is 6.30. The van der Waals surface area contributed by atoms with Crippen LogP contribution in [-0.2, 0) is 11.3 Å². The molecule has 0 spiro atoms. The summed E-state index contributed by atoms with van der Waals surface area (Å²) in [5, 5.41) is 6.69. The summed E-state index contributed by atoms with van der Waals surface area (Å²) < 4.78 is 5.31. The molecule has 0 bridgehead atoms. The van der Waals surface area contributed by atoms with Gasteiger partial charge in [-0.05, 0) is 42.5 Å². The molecule has 2 aromatic carbocycles. The highest BCUT2D eigenvalue weighted by atomic mass is 35.5. The molecule has 2 rings (SSSR count). The Morgan fingerprint density at radius 2 is 1.81 bits per heavy atom. The number of hydrogen-bond donors (Lipinski definition) is 2. The molecule has 0 saturated carbocycles. The van der Waals surface area contributed by atoms with Crippen LogP contribution >= 0.6 is 11.6 Å². The van der Waals surface area contributed by atoms with Gasteiger partial charge in [-0.15, -0.1) is 0 Å². The standard InChI is InChI=1S/C16H17ClN2O2/c1-11(20)19-15-6-4-14(5-7-15)18-10-12-9-13(17)3-8-16(12)21-2/h3-9,18H,10H2,1-2H3,(H,19,20). The molecule has 0 aromatic heterocycles. The maximum Gasteiger partial charge on any atom is 0.221 e. The van der Waals surface area contributed by atoms with Crippen LogP contribution in [0, 0.1) is 0 Å². The molecule has 0 radical (unpaired) electrons. The third-order valence-electron chi connectivity index (χ3n) is 2.93. The molecule has 110 valence electrons. The molecule has 2 N–H and O–H groups in total. The lowest BCUT2D eigenvalue weighted by Crippen LogP contribution is -2.06. The molecular weight excluding hydrogens is 288 g/mol. The number of methoxy groups -OCH3 is 1. The Hall–Kier alpha value is -2.20. The average molecular weight is 305 g/mol. The van der Waals surface area contributed by atoms with Gasteiger partial charge in [0.2, 0.25) is 5.91 Å². The lowest BCUT2D eigenvalue weighted by Gasteiger charge is -2.11. The van der Waals surface area contributed by atoms with Crippen LogP contribution in [0.1, 0.15) is 12.5 Å². The summed E-state index contributed by atoms with van der Waals surface area (Å²) in [7, 11) is 1.63. The van der Waals surface area contributed by atoms with Crippen molar-refractivity contribution in [3.05, 3.63) is 53.1 Å². The van der Waals surface area contributed by atoms with Gasteiger partial charge in [0.05, 0.1) is 7.11 Å². The quantitative estimate of drug-likeness (QED) is 0.880. The number of rotatable bonds is 5. The molecule has 4 nitrogen and oxygen atoms in total. The van der Waals surface area contributed by atoms with Crippen molar-refractivity contribution in [3.63, 3.8) is 0 Å². The summed E-state index contributed by atoms with van der Waals surface area (Å²) in [5.74, 6) is 0.709. The monoisotopic (exact) mass is 304 g/mol. The minimum atomic E-state index is -0.0839. The first-order chi connectivity index (χ1) is 10.1. The lowest BCUT2D eigenvalue weighted by atomic mass is 10.2. The molecule has 0 fully saturated rings. The van der Waals surface area contributed by atoms with Gasteiger partial charge < -0.3 is 15.4 Å². The smallest absolute Gasteiger partial charge is 0.221 e. The molecule has 0 aliphatic carbocycles. The zero-order chi connectivity index (χ0) is 15.2. The van der Waals surface area contributed by atoms with Gasteiger partial charge in [-0.3, -0.25) is 4.79 Å². The number of benzene rings is 2. The summed E-state index contributed by atoms with van der Waals surface area (Å²) in [6.45, 7) is 2.08. The zero-order valence-electron chi connectivity index (χ0n) is 11.9. The van der Waals surface area contributed by atoms with Gasteiger partial charge in [0.25, 0.3) is 0 Å². The van der Waals surface area contributed by atoms with Crippen molar-refractivity contribution in [1.29, 1.82) is 0 Å². The SMILES string of the molecule is COc1ccc(Cl)cc1CNc1ccc(NC(C)=O)cc1. The molecule has 0 aliphatic heterocycles. The summed E-state index contributed by atoms with van der Waals surface area (Å²) in [5.41, 5.74) is 2.70. The van der Waals surface area contributed by atoms with Gasteiger partial charge in [0, 0.05) is 35.4 Å². The van der Waals surface area contributed by atoms with Gasteiger partial charge in [-0.2, -0.15) is 0 Å². The number of carbonyl (C=O) groups is 1. The van der Waals surface area contributed by atoms with Crippen molar-refractivity contribution in [2.75, 3.05) is 17.7 Å². The minimum absolute atomic E-state index is 0.0839. The molecule has 0 atom stereocenters. The van der Waals surface area contributed by atoms with Crippen molar-refractivity contribution in [2.45, 2.75) is 13.5 Å². The highest BCUT2D eigenvalue weighted by Crippen LogP contribution is 2.24. The maximum atomic E-state index is 11.0. The average Bonchev–Trinajstić information content (AvgIpc) is 2.46. The molecule has 0 saturated heterocycles. The van der Waals surface area contributed by atoms with Crippen LogP contribution in [-0.4, -0.2) is 13.0 Å². The summed E-state index contributed by atoms with van der Waals surface area (Å²) in [4.78, 5) is 11.0. The summed E-state index contributed by atoms with van der Waals surface area (Å²) >= 11 is 6.00. The molecule has 0 aliphatic rings. The Bertz CT molecular complexity index is 627. The number of hydrogen-bond acceptors (Lipinski definition) is 3. The molecule has 2 aromatic rings. The molecule has 5 heteroatoms. The number of amides is 1. The fourth-order valence-electron chi connectivity index (χ4n) is 1.96. The van der Waals surface area contributed by atoms with E-state index in [0.717, 1.165) is 22.7 Å². The number of carbonyl (C=O) groups excluding carboxylic acids is 1. The van der Waals surface area contributed by atoms with Crippen molar-refractivity contribution in [2.24, 2.45) is 0 Å². The first-order valence-electron chi connectivity index (χ1n) is 6.52. The third kappa shape index (κ3) is 4.39. The van der Waals surface area contributed by atoms with Gasteiger partial charge in [-0.25, -0.2) is 0 Å². The predicted octanol–water partition coefficient (Wildman–Crippen LogP) is 3.92. The van der Waals surface area contributed by atoms with Crippen molar-refractivity contribution < 1.29 is 9.53 Å². The van der Waals surface area contributed by atoms with E-state index >= 15 is 0 Å². The predicted molar refractivity (Wildman–Crippen MR) is 86.1 cm³/mol. The number of anilines is 2. The molecule has 0 heterocycles. The molecule has 1 amide bonds. The van der Waals surface area contributed by atoms with E-state index in [-0.39, 0.29) is 5.91 Å². The van der Waals surface area contributed by atoms with E-state index in [4.69, 9.17) is 16.3 Å². The maximum absolute atomic E-state index is 11.0. The second-order valence-electron chi connectivity index (χ2n) is 4.57. The topological polar surface area (TPSA) is 50.4 Å². The first kappa shape index (κ1) is 15.2. The normalized spacial score (nSPS) is 10.0. The van der Waals surface area contributed by atoms with Crippen molar-refractivity contribution >= 4 is 28.9 Å². The van der Waals surface area contributed by atoms with E-state index in [2.05, 4.69) is 10.6 Å². The second kappa shape index (κ2) is 6.99. The van der Waals surface area contributed by atoms with Crippen LogP contribution in [0.3, 0.4) is 0 Å². The highest BCUT2D eigenvalue weighted by Gasteiger charge is 2.04. The van der Waals surface area contributed by atoms with E-state index in [1.807, 2.05) is 36.4 Å². The Balaban J connectivity index is 2.03. The molecule has 21 heavy (non-hydrogen) atoms. The van der Waals surface area contributed by atoms with Crippen molar-refractivity contribution in [3.8, 4) is 5.75 Å². The molecule has 0 unspecified atom stereocenters. The van der Waals surface area contributed by atoms with Gasteiger partial charge in [0.1, 0.15) is 5.75 Å².